The maximum atomic E-state index is 8.50. The van der Waals surface area contributed by atoms with Crippen molar-refractivity contribution >= 4 is 5.84 Å². The van der Waals surface area contributed by atoms with Crippen LogP contribution in [0.1, 0.15) is 51.8 Å². The van der Waals surface area contributed by atoms with Gasteiger partial charge in [0.1, 0.15) is 5.84 Å². The number of nitrogens with one attached hydrogen (secondary N) is 1. The predicted molar refractivity (Wildman–Crippen MR) is 75.4 cm³/mol. The summed E-state index contributed by atoms with van der Waals surface area (Å²) in [5.41, 5.74) is 2.64. The second-order valence-electron chi connectivity index (χ2n) is 5.50. The van der Waals surface area contributed by atoms with Gasteiger partial charge in [0.25, 0.3) is 0 Å². The van der Waals surface area contributed by atoms with E-state index in [0.717, 1.165) is 5.56 Å². The third-order valence-corrected chi connectivity index (χ3v) is 2.88. The molecule has 96 valence electrons. The lowest BCUT2D eigenvalue weighted by Crippen LogP contribution is -2.14. The van der Waals surface area contributed by atoms with Crippen LogP contribution in [-0.2, 0) is 5.41 Å². The second kappa shape index (κ2) is 5.68. The van der Waals surface area contributed by atoms with E-state index in [1.165, 1.54) is 5.56 Å². The fourth-order valence-corrected chi connectivity index (χ4v) is 1.74. The van der Waals surface area contributed by atoms with Gasteiger partial charge < -0.3 is 0 Å². The maximum Gasteiger partial charge on any atom is 0.182 e. The summed E-state index contributed by atoms with van der Waals surface area (Å²) < 4.78 is 0. The molecule has 0 saturated heterocycles. The largest absolute Gasteiger partial charge is 0.281 e. The van der Waals surface area contributed by atoms with Crippen molar-refractivity contribution in [3.63, 3.8) is 0 Å². The van der Waals surface area contributed by atoms with Crippen molar-refractivity contribution in [2.24, 2.45) is 4.99 Å². The molecule has 18 heavy (non-hydrogen) atoms. The van der Waals surface area contributed by atoms with Gasteiger partial charge in [-0.25, -0.2) is 0 Å². The van der Waals surface area contributed by atoms with Crippen LogP contribution in [0.5, 0.6) is 0 Å². The zero-order chi connectivity index (χ0) is 13.8. The number of rotatable bonds is 2. The van der Waals surface area contributed by atoms with E-state index in [1.807, 2.05) is 13.1 Å². The molecule has 0 aromatic heterocycles. The molecule has 0 fully saturated rings. The zero-order valence-electron chi connectivity index (χ0n) is 11.8. The average molecular weight is 243 g/mol. The molecule has 0 spiro atoms. The molecule has 0 unspecified atom stereocenters. The quantitative estimate of drug-likeness (QED) is 0.374. The van der Waals surface area contributed by atoms with Gasteiger partial charge in [0.05, 0.1) is 6.04 Å². The highest BCUT2D eigenvalue weighted by Crippen LogP contribution is 2.24. The first kappa shape index (κ1) is 14.2. The molecule has 0 aliphatic heterocycles. The van der Waals surface area contributed by atoms with Crippen LogP contribution in [0, 0.1) is 11.5 Å². The van der Waals surface area contributed by atoms with Crippen LogP contribution in [-0.4, -0.2) is 5.84 Å². The molecule has 0 aliphatic rings. The van der Waals surface area contributed by atoms with Crippen LogP contribution in [0.4, 0.5) is 0 Å². The number of nitrogens with zero attached hydrogens (tertiary/aromatic N) is 2. The van der Waals surface area contributed by atoms with Gasteiger partial charge in [-0.2, -0.15) is 5.26 Å². The normalized spacial score (nSPS) is 13.9. The molecule has 0 saturated carbocycles. The first-order valence-corrected chi connectivity index (χ1v) is 6.14. The lowest BCUT2D eigenvalue weighted by Gasteiger charge is -2.19. The van der Waals surface area contributed by atoms with E-state index in [9.17, 15) is 0 Å². The Kier molecular flexibility index (Phi) is 4.49. The summed E-state index contributed by atoms with van der Waals surface area (Å²) in [6, 6.07) is 8.56. The van der Waals surface area contributed by atoms with Crippen molar-refractivity contribution in [2.75, 3.05) is 0 Å². The molecule has 3 nitrogen and oxygen atoms in total. The standard InChI is InChI=1S/C15H21N3/c1-11(18-12(2)17-10-16)13-6-8-14(9-7-13)15(3,4)5/h6-9,11H,1-5H3,(H,17,18)/t11-/m1/s1. The smallest absolute Gasteiger partial charge is 0.182 e. The van der Waals surface area contributed by atoms with Crippen LogP contribution in [0.25, 0.3) is 0 Å². The van der Waals surface area contributed by atoms with Crippen molar-refractivity contribution in [3.8, 4) is 6.19 Å². The van der Waals surface area contributed by atoms with Crippen molar-refractivity contribution in [2.45, 2.75) is 46.1 Å². The number of hydrogen-bond donors (Lipinski definition) is 1. The third kappa shape index (κ3) is 3.89. The van der Waals surface area contributed by atoms with E-state index in [1.54, 1.807) is 6.92 Å². The number of aliphatic imine (C=N–C) groups is 1. The van der Waals surface area contributed by atoms with Crippen molar-refractivity contribution in [3.05, 3.63) is 35.4 Å². The first-order chi connectivity index (χ1) is 8.34. The van der Waals surface area contributed by atoms with Gasteiger partial charge >= 0.3 is 0 Å². The molecule has 3 heteroatoms. The number of benzene rings is 1. The molecular formula is C15H21N3. The number of nitriles is 1. The van der Waals surface area contributed by atoms with E-state index in [4.69, 9.17) is 5.26 Å². The van der Waals surface area contributed by atoms with Crippen molar-refractivity contribution < 1.29 is 0 Å². The highest BCUT2D eigenvalue weighted by Gasteiger charge is 2.13. The van der Waals surface area contributed by atoms with Crippen LogP contribution in [0.2, 0.25) is 0 Å². The summed E-state index contributed by atoms with van der Waals surface area (Å²) in [4.78, 5) is 4.41. The average Bonchev–Trinajstić information content (AvgIpc) is 2.28. The molecular weight excluding hydrogens is 222 g/mol. The monoisotopic (exact) mass is 243 g/mol. The fraction of sp³-hybridized carbons (Fsp3) is 0.467. The summed E-state index contributed by atoms with van der Waals surface area (Å²) >= 11 is 0. The lowest BCUT2D eigenvalue weighted by molar-refractivity contribution is 0.589. The Hall–Kier alpha value is -1.82. The maximum absolute atomic E-state index is 8.50. The van der Waals surface area contributed by atoms with Gasteiger partial charge in [0.2, 0.25) is 0 Å². The summed E-state index contributed by atoms with van der Waals surface area (Å²) in [6.45, 7) is 10.4. The molecule has 0 radical (unpaired) electrons. The minimum absolute atomic E-state index is 0.0554. The van der Waals surface area contributed by atoms with Crippen molar-refractivity contribution in [1.29, 1.82) is 5.26 Å². The Labute approximate surface area is 110 Å². The van der Waals surface area contributed by atoms with Crippen LogP contribution >= 0.6 is 0 Å². The van der Waals surface area contributed by atoms with E-state index >= 15 is 0 Å². The zero-order valence-corrected chi connectivity index (χ0v) is 11.8. The van der Waals surface area contributed by atoms with Crippen molar-refractivity contribution in [1.82, 2.24) is 5.32 Å². The SMILES string of the molecule is CC(=N[C@H](C)c1ccc(C(C)(C)C)cc1)NC#N. The molecule has 1 atom stereocenters. The molecule has 1 aromatic carbocycles. The Morgan fingerprint density at radius 1 is 1.28 bits per heavy atom. The molecule has 0 heterocycles. The van der Waals surface area contributed by atoms with Gasteiger partial charge in [0.15, 0.2) is 6.19 Å². The predicted octanol–water partition coefficient (Wildman–Crippen LogP) is 3.53. The summed E-state index contributed by atoms with van der Waals surface area (Å²) in [5, 5.41) is 11.0. The van der Waals surface area contributed by atoms with E-state index in [2.05, 4.69) is 55.3 Å². The van der Waals surface area contributed by atoms with Crippen LogP contribution in [0.3, 0.4) is 0 Å². The number of amidine groups is 1. The molecule has 0 bridgehead atoms. The van der Waals surface area contributed by atoms with Gasteiger partial charge in [0, 0.05) is 0 Å². The van der Waals surface area contributed by atoms with E-state index in [0.29, 0.717) is 5.84 Å². The van der Waals surface area contributed by atoms with Gasteiger partial charge in [-0.05, 0) is 30.4 Å². The van der Waals surface area contributed by atoms with E-state index in [-0.39, 0.29) is 11.5 Å². The van der Waals surface area contributed by atoms with Gasteiger partial charge in [-0.1, -0.05) is 45.0 Å². The second-order valence-corrected chi connectivity index (χ2v) is 5.50. The summed E-state index contributed by atoms with van der Waals surface area (Å²) in [7, 11) is 0. The Bertz CT molecular complexity index is 458. The fourth-order valence-electron chi connectivity index (χ4n) is 1.74. The minimum Gasteiger partial charge on any atom is -0.281 e. The topological polar surface area (TPSA) is 48.2 Å². The Balaban J connectivity index is 2.86. The first-order valence-electron chi connectivity index (χ1n) is 6.14. The number of hydrogen-bond acceptors (Lipinski definition) is 2. The molecule has 1 rings (SSSR count). The van der Waals surface area contributed by atoms with Crippen LogP contribution < -0.4 is 5.32 Å². The lowest BCUT2D eigenvalue weighted by atomic mass is 9.86. The summed E-state index contributed by atoms with van der Waals surface area (Å²) in [6.07, 6.45) is 1.87. The highest BCUT2D eigenvalue weighted by molar-refractivity contribution is 5.81. The summed E-state index contributed by atoms with van der Waals surface area (Å²) in [5.74, 6) is 0.643. The molecule has 0 amide bonds. The molecule has 0 aliphatic carbocycles. The van der Waals surface area contributed by atoms with Gasteiger partial charge in [-0.15, -0.1) is 0 Å². The Morgan fingerprint density at radius 3 is 2.28 bits per heavy atom. The molecule has 1 N–H and O–H groups in total. The van der Waals surface area contributed by atoms with E-state index < -0.39 is 0 Å². The molecule has 1 aromatic rings. The van der Waals surface area contributed by atoms with Crippen LogP contribution in [0.15, 0.2) is 29.3 Å². The van der Waals surface area contributed by atoms with Gasteiger partial charge in [-0.3, -0.25) is 10.3 Å². The third-order valence-electron chi connectivity index (χ3n) is 2.88. The highest BCUT2D eigenvalue weighted by atomic mass is 15.0. The Morgan fingerprint density at radius 2 is 1.83 bits per heavy atom. The minimum atomic E-state index is 0.0554.